The highest BCUT2D eigenvalue weighted by Gasteiger charge is 2.37. The summed E-state index contributed by atoms with van der Waals surface area (Å²) in [6, 6.07) is 22.8. The molecule has 0 saturated carbocycles. The number of rotatable bonds is 4. The van der Waals surface area contributed by atoms with E-state index in [0.717, 1.165) is 34.0 Å². The minimum Gasteiger partial charge on any atom is -0.497 e. The van der Waals surface area contributed by atoms with Gasteiger partial charge in [-0.1, -0.05) is 36.4 Å². The van der Waals surface area contributed by atoms with Crippen LogP contribution in [0.2, 0.25) is 0 Å². The van der Waals surface area contributed by atoms with E-state index < -0.39 is 5.92 Å². The summed E-state index contributed by atoms with van der Waals surface area (Å²) in [6.07, 6.45) is 0. The standard InChI is InChI=1S/C23H19NO3/c1-26-17-11-7-15(8-12-17)21-22(19-5-3-4-6-20(19)23(21)25)24-16-9-13-18(27-2)14-10-16/h3-14,21H,1-2H3/t21-/m0/s1. The normalized spacial score (nSPS) is 17.0. The zero-order valence-corrected chi connectivity index (χ0v) is 15.2. The second-order valence-corrected chi connectivity index (χ2v) is 6.31. The molecule has 4 heteroatoms. The van der Waals surface area contributed by atoms with Crippen molar-refractivity contribution < 1.29 is 14.3 Å². The van der Waals surface area contributed by atoms with Gasteiger partial charge in [0.25, 0.3) is 0 Å². The highest BCUT2D eigenvalue weighted by molar-refractivity contribution is 6.32. The van der Waals surface area contributed by atoms with Crippen LogP contribution in [0.25, 0.3) is 0 Å². The van der Waals surface area contributed by atoms with Gasteiger partial charge in [-0.3, -0.25) is 9.79 Å². The molecule has 1 aliphatic rings. The topological polar surface area (TPSA) is 47.9 Å². The lowest BCUT2D eigenvalue weighted by atomic mass is 9.93. The fraction of sp³-hybridized carbons (Fsp3) is 0.130. The summed E-state index contributed by atoms with van der Waals surface area (Å²) < 4.78 is 10.4. The van der Waals surface area contributed by atoms with E-state index in [-0.39, 0.29) is 5.78 Å². The molecule has 3 aromatic carbocycles. The number of methoxy groups -OCH3 is 2. The third-order valence-electron chi connectivity index (χ3n) is 4.78. The van der Waals surface area contributed by atoms with Crippen LogP contribution in [0, 0.1) is 0 Å². The number of hydrogen-bond donors (Lipinski definition) is 0. The minimum absolute atomic E-state index is 0.0722. The summed E-state index contributed by atoms with van der Waals surface area (Å²) >= 11 is 0. The summed E-state index contributed by atoms with van der Waals surface area (Å²) in [5.74, 6) is 1.18. The van der Waals surface area contributed by atoms with Gasteiger partial charge < -0.3 is 9.47 Å². The van der Waals surface area contributed by atoms with E-state index in [2.05, 4.69) is 0 Å². The molecule has 4 nitrogen and oxygen atoms in total. The molecular weight excluding hydrogens is 338 g/mol. The van der Waals surface area contributed by atoms with Gasteiger partial charge in [0.05, 0.1) is 31.5 Å². The number of Topliss-reactive ketones (excluding diaryl/α,β-unsaturated/α-hetero) is 1. The SMILES string of the molecule is COc1ccc(N=C2c3ccccc3C(=O)[C@H]2c2ccc(OC)cc2)cc1. The van der Waals surface area contributed by atoms with Crippen LogP contribution in [0.3, 0.4) is 0 Å². The molecule has 0 amide bonds. The van der Waals surface area contributed by atoms with Gasteiger partial charge >= 0.3 is 0 Å². The zero-order valence-electron chi connectivity index (χ0n) is 15.2. The summed E-state index contributed by atoms with van der Waals surface area (Å²) in [5, 5.41) is 0. The maximum absolute atomic E-state index is 13.1. The predicted molar refractivity (Wildman–Crippen MR) is 106 cm³/mol. The Hall–Kier alpha value is -3.40. The van der Waals surface area contributed by atoms with Crippen LogP contribution in [0.5, 0.6) is 11.5 Å². The summed E-state index contributed by atoms with van der Waals surface area (Å²) in [7, 11) is 3.26. The van der Waals surface area contributed by atoms with Gasteiger partial charge in [0.1, 0.15) is 11.5 Å². The van der Waals surface area contributed by atoms with E-state index in [9.17, 15) is 4.79 Å². The molecule has 0 saturated heterocycles. The number of ether oxygens (including phenoxy) is 2. The lowest BCUT2D eigenvalue weighted by Gasteiger charge is -2.12. The molecule has 3 aromatic rings. The van der Waals surface area contributed by atoms with Crippen LogP contribution in [0.4, 0.5) is 5.69 Å². The second-order valence-electron chi connectivity index (χ2n) is 6.31. The van der Waals surface area contributed by atoms with Gasteiger partial charge in [-0.2, -0.15) is 0 Å². The Morgan fingerprint density at radius 2 is 1.30 bits per heavy atom. The van der Waals surface area contributed by atoms with Gasteiger partial charge in [-0.05, 0) is 42.0 Å². The van der Waals surface area contributed by atoms with E-state index in [1.165, 1.54) is 0 Å². The Balaban J connectivity index is 1.82. The molecule has 27 heavy (non-hydrogen) atoms. The number of nitrogens with zero attached hydrogens (tertiary/aromatic N) is 1. The molecule has 0 spiro atoms. The van der Waals surface area contributed by atoms with Crippen molar-refractivity contribution in [2.45, 2.75) is 5.92 Å². The largest absolute Gasteiger partial charge is 0.497 e. The number of carbonyl (C=O) groups excluding carboxylic acids is 1. The lowest BCUT2D eigenvalue weighted by Crippen LogP contribution is -2.13. The van der Waals surface area contributed by atoms with E-state index in [4.69, 9.17) is 14.5 Å². The molecule has 4 rings (SSSR count). The average molecular weight is 357 g/mol. The summed E-state index contributed by atoms with van der Waals surface area (Å²) in [5.41, 5.74) is 4.06. The summed E-state index contributed by atoms with van der Waals surface area (Å²) in [6.45, 7) is 0. The monoisotopic (exact) mass is 357 g/mol. The van der Waals surface area contributed by atoms with Crippen LogP contribution in [-0.2, 0) is 0 Å². The van der Waals surface area contributed by atoms with Crippen molar-refractivity contribution >= 4 is 17.2 Å². The van der Waals surface area contributed by atoms with Crippen LogP contribution in [0.1, 0.15) is 27.4 Å². The number of benzene rings is 3. The van der Waals surface area contributed by atoms with Gasteiger partial charge in [0.2, 0.25) is 0 Å². The Labute approximate surface area is 158 Å². The highest BCUT2D eigenvalue weighted by Crippen LogP contribution is 2.36. The fourth-order valence-electron chi connectivity index (χ4n) is 3.38. The van der Waals surface area contributed by atoms with E-state index in [1.807, 2.05) is 72.8 Å². The summed E-state index contributed by atoms with van der Waals surface area (Å²) in [4.78, 5) is 18.0. The van der Waals surface area contributed by atoms with Gasteiger partial charge in [0, 0.05) is 11.1 Å². The molecule has 0 heterocycles. The number of aliphatic imine (C=N–C) groups is 1. The number of fused-ring (bicyclic) bond motifs is 1. The minimum atomic E-state index is -0.421. The molecule has 0 fully saturated rings. The maximum Gasteiger partial charge on any atom is 0.176 e. The number of carbonyl (C=O) groups is 1. The molecule has 0 aromatic heterocycles. The average Bonchev–Trinajstić information content (AvgIpc) is 3.01. The van der Waals surface area contributed by atoms with Crippen molar-refractivity contribution in [2.75, 3.05) is 14.2 Å². The van der Waals surface area contributed by atoms with Crippen molar-refractivity contribution in [1.29, 1.82) is 0 Å². The van der Waals surface area contributed by atoms with Crippen molar-refractivity contribution in [3.8, 4) is 11.5 Å². The molecule has 0 unspecified atom stereocenters. The quantitative estimate of drug-likeness (QED) is 0.673. The first-order chi connectivity index (χ1) is 13.2. The first kappa shape index (κ1) is 17.0. The molecular formula is C23H19NO3. The number of hydrogen-bond acceptors (Lipinski definition) is 4. The van der Waals surface area contributed by atoms with Gasteiger partial charge in [-0.15, -0.1) is 0 Å². The first-order valence-electron chi connectivity index (χ1n) is 8.71. The zero-order chi connectivity index (χ0) is 18.8. The van der Waals surface area contributed by atoms with Crippen molar-refractivity contribution in [3.63, 3.8) is 0 Å². The molecule has 1 atom stereocenters. The molecule has 134 valence electrons. The first-order valence-corrected chi connectivity index (χ1v) is 8.71. The van der Waals surface area contributed by atoms with E-state index >= 15 is 0 Å². The number of ketones is 1. The smallest absolute Gasteiger partial charge is 0.176 e. The maximum atomic E-state index is 13.1. The molecule has 0 N–H and O–H groups in total. The van der Waals surface area contributed by atoms with Crippen LogP contribution < -0.4 is 9.47 Å². The van der Waals surface area contributed by atoms with Crippen molar-refractivity contribution in [3.05, 3.63) is 89.5 Å². The predicted octanol–water partition coefficient (Wildman–Crippen LogP) is 4.80. The van der Waals surface area contributed by atoms with Crippen molar-refractivity contribution in [1.82, 2.24) is 0 Å². The Kier molecular flexibility index (Phi) is 4.47. The Morgan fingerprint density at radius 3 is 1.89 bits per heavy atom. The second kappa shape index (κ2) is 7.08. The van der Waals surface area contributed by atoms with Gasteiger partial charge in [0.15, 0.2) is 5.78 Å². The molecule has 0 radical (unpaired) electrons. The van der Waals surface area contributed by atoms with Crippen LogP contribution in [0.15, 0.2) is 77.8 Å². The molecule has 1 aliphatic carbocycles. The van der Waals surface area contributed by atoms with E-state index in [0.29, 0.717) is 5.56 Å². The van der Waals surface area contributed by atoms with E-state index in [1.54, 1.807) is 14.2 Å². The lowest BCUT2D eigenvalue weighted by molar-refractivity contribution is 0.0988. The highest BCUT2D eigenvalue weighted by atomic mass is 16.5. The van der Waals surface area contributed by atoms with Crippen molar-refractivity contribution in [2.24, 2.45) is 4.99 Å². The molecule has 0 aliphatic heterocycles. The Bertz CT molecular complexity index is 1000. The molecule has 0 bridgehead atoms. The fourth-order valence-corrected chi connectivity index (χ4v) is 3.38. The van der Waals surface area contributed by atoms with Crippen LogP contribution >= 0.6 is 0 Å². The Morgan fingerprint density at radius 1 is 0.741 bits per heavy atom. The third kappa shape index (κ3) is 3.10. The van der Waals surface area contributed by atoms with Crippen LogP contribution in [-0.4, -0.2) is 25.7 Å². The van der Waals surface area contributed by atoms with Gasteiger partial charge in [-0.25, -0.2) is 0 Å². The third-order valence-corrected chi connectivity index (χ3v) is 4.78.